The van der Waals surface area contributed by atoms with Gasteiger partial charge in [-0.2, -0.15) is 0 Å². The Kier molecular flexibility index (Phi) is 6.06. The van der Waals surface area contributed by atoms with Gasteiger partial charge in [0.2, 0.25) is 5.91 Å². The van der Waals surface area contributed by atoms with Crippen LogP contribution in [0.3, 0.4) is 0 Å². The van der Waals surface area contributed by atoms with Gasteiger partial charge >= 0.3 is 0 Å². The van der Waals surface area contributed by atoms with Gasteiger partial charge in [0.1, 0.15) is 11.8 Å². The summed E-state index contributed by atoms with van der Waals surface area (Å²) in [5.74, 6) is -0.188. The minimum Gasteiger partial charge on any atom is -0.508 e. The van der Waals surface area contributed by atoms with Crippen LogP contribution in [-0.4, -0.2) is 52.4 Å². The zero-order valence-electron chi connectivity index (χ0n) is 16.9. The van der Waals surface area contributed by atoms with Crippen molar-refractivity contribution in [2.24, 2.45) is 5.92 Å². The number of hydrogen-bond donors (Lipinski definition) is 5. The number of aliphatic hydroxyl groups is 1. The van der Waals surface area contributed by atoms with E-state index in [0.29, 0.717) is 15.1 Å². The van der Waals surface area contributed by atoms with E-state index in [-0.39, 0.29) is 42.2 Å². The van der Waals surface area contributed by atoms with Crippen LogP contribution in [-0.2, 0) is 4.79 Å². The number of phenols is 2. The summed E-state index contributed by atoms with van der Waals surface area (Å²) in [4.78, 5) is 14.8. The van der Waals surface area contributed by atoms with Crippen molar-refractivity contribution in [2.45, 2.75) is 25.0 Å². The van der Waals surface area contributed by atoms with Crippen LogP contribution in [0.4, 0.5) is 0 Å². The molecule has 166 valence electrons. The summed E-state index contributed by atoms with van der Waals surface area (Å²) in [7, 11) is 1.45. The third kappa shape index (κ3) is 3.64. The number of β-amino-alcohol motifs (C(OH)–C–C–N with tert-alkyl or cyclic N) is 1. The number of benzene rings is 2. The van der Waals surface area contributed by atoms with E-state index in [2.05, 4.69) is 26.8 Å². The molecule has 8 nitrogen and oxygen atoms in total. The Bertz CT molecular complexity index is 1040. The summed E-state index contributed by atoms with van der Waals surface area (Å²) in [6, 6.07) is 5.27. The van der Waals surface area contributed by atoms with E-state index in [0.717, 1.165) is 11.1 Å². The van der Waals surface area contributed by atoms with Crippen LogP contribution < -0.4 is 15.6 Å². The van der Waals surface area contributed by atoms with E-state index in [1.807, 2.05) is 0 Å². The second-order valence-electron chi connectivity index (χ2n) is 7.74. The van der Waals surface area contributed by atoms with Crippen LogP contribution in [0.1, 0.15) is 28.8 Å². The average Bonchev–Trinajstić information content (AvgIpc) is 3.27. The van der Waals surface area contributed by atoms with Gasteiger partial charge < -0.3 is 25.0 Å². The molecular formula is C21H23BrClN3O5. The van der Waals surface area contributed by atoms with Crippen molar-refractivity contribution in [3.8, 4) is 17.2 Å². The molecule has 2 saturated heterocycles. The summed E-state index contributed by atoms with van der Waals surface area (Å²) in [6.45, 7) is 1.75. The Balaban J connectivity index is 1.84. The van der Waals surface area contributed by atoms with E-state index in [1.165, 1.54) is 7.11 Å². The molecule has 2 aliphatic rings. The van der Waals surface area contributed by atoms with Gasteiger partial charge in [-0.15, -0.1) is 0 Å². The number of aromatic hydroxyl groups is 2. The lowest BCUT2D eigenvalue weighted by Crippen LogP contribution is -2.42. The van der Waals surface area contributed by atoms with Gasteiger partial charge in [-0.05, 0) is 58.2 Å². The predicted octanol–water partition coefficient (Wildman–Crippen LogP) is 2.54. The van der Waals surface area contributed by atoms with E-state index in [4.69, 9.17) is 16.3 Å². The van der Waals surface area contributed by atoms with Crippen molar-refractivity contribution in [1.29, 1.82) is 0 Å². The zero-order valence-corrected chi connectivity index (χ0v) is 19.2. The fourth-order valence-electron chi connectivity index (χ4n) is 4.57. The zero-order chi connectivity index (χ0) is 22.4. The molecule has 31 heavy (non-hydrogen) atoms. The minimum absolute atomic E-state index is 0.0389. The molecule has 2 aromatic rings. The second kappa shape index (κ2) is 8.48. The molecule has 0 radical (unpaired) electrons. The molecule has 2 fully saturated rings. The average molecular weight is 513 g/mol. The van der Waals surface area contributed by atoms with Crippen molar-refractivity contribution >= 4 is 33.4 Å². The molecule has 1 amide bonds. The molecule has 0 aromatic heterocycles. The Labute approximate surface area is 192 Å². The molecule has 4 unspecified atom stereocenters. The molecule has 4 rings (SSSR count). The Hall–Kier alpha value is -2.04. The third-order valence-electron chi connectivity index (χ3n) is 6.01. The molecule has 5 N–H and O–H groups in total. The van der Waals surface area contributed by atoms with Crippen molar-refractivity contribution in [2.75, 3.05) is 20.3 Å². The Morgan fingerprint density at radius 1 is 1.19 bits per heavy atom. The number of likely N-dealkylation sites (tertiary alicyclic amines) is 1. The van der Waals surface area contributed by atoms with Crippen LogP contribution in [0.25, 0.3) is 0 Å². The van der Waals surface area contributed by atoms with Crippen LogP contribution >= 0.6 is 27.5 Å². The standard InChI is InChI=1S/C21H23BrClN3O5/c1-9-5-14(28)11(8-13(9)23)17-16-18(25-24-17)21(30)26(3-4-27)19(16)10-6-12(22)20(29)15(7-10)31-2/h5-8,16-19,24-25,27-29H,3-4H2,1-2H3. The van der Waals surface area contributed by atoms with Gasteiger partial charge in [0.25, 0.3) is 0 Å². The number of halogens is 2. The molecule has 2 heterocycles. The molecule has 0 spiro atoms. The number of rotatable bonds is 5. The highest BCUT2D eigenvalue weighted by Crippen LogP contribution is 2.50. The van der Waals surface area contributed by atoms with Crippen molar-refractivity contribution < 1.29 is 24.9 Å². The van der Waals surface area contributed by atoms with Gasteiger partial charge in [0.15, 0.2) is 11.5 Å². The first-order chi connectivity index (χ1) is 14.8. The Morgan fingerprint density at radius 2 is 1.90 bits per heavy atom. The maximum atomic E-state index is 13.2. The predicted molar refractivity (Wildman–Crippen MR) is 118 cm³/mol. The number of nitrogens with one attached hydrogen (secondary N) is 2. The molecule has 0 saturated carbocycles. The number of ether oxygens (including phenoxy) is 1. The Morgan fingerprint density at radius 3 is 2.58 bits per heavy atom. The number of hydrazine groups is 1. The number of amides is 1. The number of aliphatic hydroxyl groups excluding tert-OH is 1. The third-order valence-corrected chi connectivity index (χ3v) is 7.02. The van der Waals surface area contributed by atoms with E-state index < -0.39 is 18.1 Å². The SMILES string of the molecule is COc1cc(C2C3C(NNC3c3cc(Cl)c(C)cc3O)C(=O)N2CCO)cc(Br)c1O. The van der Waals surface area contributed by atoms with Crippen LogP contribution in [0.15, 0.2) is 28.7 Å². The number of aryl methyl sites for hydroxylation is 1. The molecular weight excluding hydrogens is 490 g/mol. The summed E-state index contributed by atoms with van der Waals surface area (Å²) in [5, 5.41) is 31.0. The second-order valence-corrected chi connectivity index (χ2v) is 9.00. The van der Waals surface area contributed by atoms with Crippen LogP contribution in [0, 0.1) is 12.8 Å². The molecule has 2 aliphatic heterocycles. The smallest absolute Gasteiger partial charge is 0.242 e. The highest BCUT2D eigenvalue weighted by Gasteiger charge is 2.55. The van der Waals surface area contributed by atoms with E-state index >= 15 is 0 Å². The van der Waals surface area contributed by atoms with Crippen molar-refractivity contribution in [1.82, 2.24) is 15.8 Å². The number of hydrogen-bond acceptors (Lipinski definition) is 7. The van der Waals surface area contributed by atoms with Crippen LogP contribution in [0.2, 0.25) is 5.02 Å². The largest absolute Gasteiger partial charge is 0.508 e. The number of nitrogens with zero attached hydrogens (tertiary/aromatic N) is 1. The molecule has 0 bridgehead atoms. The first kappa shape index (κ1) is 22.2. The van der Waals surface area contributed by atoms with Gasteiger partial charge in [-0.1, -0.05) is 11.6 Å². The number of phenolic OH excluding ortho intramolecular Hbond substituents is 2. The van der Waals surface area contributed by atoms with E-state index in [9.17, 15) is 20.1 Å². The number of carbonyl (C=O) groups excluding carboxylic acids is 1. The highest BCUT2D eigenvalue weighted by atomic mass is 79.9. The van der Waals surface area contributed by atoms with Gasteiger partial charge in [-0.3, -0.25) is 4.79 Å². The monoisotopic (exact) mass is 511 g/mol. The highest BCUT2D eigenvalue weighted by molar-refractivity contribution is 9.10. The fourth-order valence-corrected chi connectivity index (χ4v) is 5.21. The number of fused-ring (bicyclic) bond motifs is 1. The lowest BCUT2D eigenvalue weighted by Gasteiger charge is -2.31. The summed E-state index contributed by atoms with van der Waals surface area (Å²) in [5.41, 5.74) is 8.24. The van der Waals surface area contributed by atoms with Crippen molar-refractivity contribution in [3.05, 3.63) is 50.5 Å². The summed E-state index contributed by atoms with van der Waals surface area (Å²) < 4.78 is 5.73. The topological polar surface area (TPSA) is 114 Å². The fraction of sp³-hybridized carbons (Fsp3) is 0.381. The van der Waals surface area contributed by atoms with Gasteiger partial charge in [-0.25, -0.2) is 10.9 Å². The number of carbonyl (C=O) groups is 1. The molecule has 4 atom stereocenters. The van der Waals surface area contributed by atoms with Crippen LogP contribution in [0.5, 0.6) is 17.2 Å². The quantitative estimate of drug-likeness (QED) is 0.418. The molecule has 0 aliphatic carbocycles. The summed E-state index contributed by atoms with van der Waals surface area (Å²) in [6.07, 6.45) is 0. The summed E-state index contributed by atoms with van der Waals surface area (Å²) >= 11 is 9.67. The van der Waals surface area contributed by atoms with Gasteiger partial charge in [0, 0.05) is 23.0 Å². The molecule has 10 heteroatoms. The minimum atomic E-state index is -0.570. The maximum absolute atomic E-state index is 13.2. The lowest BCUT2D eigenvalue weighted by atomic mass is 9.83. The van der Waals surface area contributed by atoms with E-state index in [1.54, 1.807) is 36.1 Å². The number of methoxy groups -OCH3 is 1. The first-order valence-corrected chi connectivity index (χ1v) is 10.9. The maximum Gasteiger partial charge on any atom is 0.242 e. The normalized spacial score (nSPS) is 25.2. The van der Waals surface area contributed by atoms with Gasteiger partial charge in [0.05, 0.1) is 30.3 Å². The van der Waals surface area contributed by atoms with Crippen molar-refractivity contribution in [3.63, 3.8) is 0 Å². The molecule has 2 aromatic carbocycles. The lowest BCUT2D eigenvalue weighted by molar-refractivity contribution is -0.131. The first-order valence-electron chi connectivity index (χ1n) is 9.76.